The second-order valence-corrected chi connectivity index (χ2v) is 8.80. The number of amides is 1. The number of carbonyl (C=O) groups excluding carboxylic acids is 1. The van der Waals surface area contributed by atoms with Crippen molar-refractivity contribution in [1.82, 2.24) is 14.9 Å². The van der Waals surface area contributed by atoms with Crippen molar-refractivity contribution in [3.63, 3.8) is 0 Å². The fourth-order valence-electron chi connectivity index (χ4n) is 2.27. The largest absolute Gasteiger partial charge is 0.383 e. The van der Waals surface area contributed by atoms with E-state index < -0.39 is 15.1 Å². The fraction of sp³-hybridized carbons (Fsp3) is 0.583. The average molecular weight is 345 g/mol. The van der Waals surface area contributed by atoms with Gasteiger partial charge in [0.05, 0.1) is 16.8 Å². The van der Waals surface area contributed by atoms with E-state index in [9.17, 15) is 13.2 Å². The number of thioether (sulfide) groups is 1. The number of aromatic nitrogens is 2. The van der Waals surface area contributed by atoms with Crippen LogP contribution in [0.4, 0.5) is 11.6 Å². The van der Waals surface area contributed by atoms with Crippen molar-refractivity contribution in [3.05, 3.63) is 6.07 Å². The number of hydrogen-bond acceptors (Lipinski definition) is 8. The minimum Gasteiger partial charge on any atom is -0.383 e. The molecular weight excluding hydrogens is 326 g/mol. The van der Waals surface area contributed by atoms with Gasteiger partial charge in [-0.05, 0) is 13.3 Å². The summed E-state index contributed by atoms with van der Waals surface area (Å²) in [4.78, 5) is 21.9. The monoisotopic (exact) mass is 345 g/mol. The van der Waals surface area contributed by atoms with Crippen LogP contribution in [0.2, 0.25) is 0 Å². The van der Waals surface area contributed by atoms with Crippen molar-refractivity contribution in [1.29, 1.82) is 0 Å². The molecule has 1 aromatic heterocycles. The van der Waals surface area contributed by atoms with Crippen LogP contribution in [0.5, 0.6) is 0 Å². The summed E-state index contributed by atoms with van der Waals surface area (Å²) < 4.78 is 23.0. The number of nitrogens with zero attached hydrogens (tertiary/aromatic N) is 3. The second-order valence-electron chi connectivity index (χ2n) is 5.27. The molecule has 0 radical (unpaired) electrons. The first-order valence-corrected chi connectivity index (χ1v) is 9.42. The minimum atomic E-state index is -3.03. The highest BCUT2D eigenvalue weighted by molar-refractivity contribution is 8.00. The third-order valence-electron chi connectivity index (χ3n) is 3.48. The number of hydrogen-bond donors (Lipinski definition) is 2. The number of nitrogens with two attached hydrogens (primary N) is 2. The molecule has 8 nitrogen and oxygen atoms in total. The zero-order valence-electron chi connectivity index (χ0n) is 12.4. The molecule has 122 valence electrons. The lowest BCUT2D eigenvalue weighted by atomic mass is 10.2. The first-order valence-electron chi connectivity index (χ1n) is 6.72. The summed E-state index contributed by atoms with van der Waals surface area (Å²) in [5, 5.41) is -0.139. The van der Waals surface area contributed by atoms with Gasteiger partial charge in [0.15, 0.2) is 15.0 Å². The lowest BCUT2D eigenvalue weighted by molar-refractivity contribution is -0.130. The summed E-state index contributed by atoms with van der Waals surface area (Å²) >= 11 is 1.14. The van der Waals surface area contributed by atoms with Crippen LogP contribution in [0.15, 0.2) is 11.2 Å². The van der Waals surface area contributed by atoms with Crippen molar-refractivity contribution in [2.75, 3.05) is 30.0 Å². The zero-order valence-corrected chi connectivity index (χ0v) is 14.0. The van der Waals surface area contributed by atoms with Gasteiger partial charge in [-0.15, -0.1) is 0 Å². The molecule has 1 saturated heterocycles. The van der Waals surface area contributed by atoms with Crippen LogP contribution in [0.3, 0.4) is 0 Å². The maximum atomic E-state index is 12.4. The first kappa shape index (κ1) is 16.8. The van der Waals surface area contributed by atoms with Gasteiger partial charge in [0, 0.05) is 19.2 Å². The Bertz CT molecular complexity index is 659. The topological polar surface area (TPSA) is 132 Å². The Kier molecular flexibility index (Phi) is 4.81. The molecule has 0 aromatic carbocycles. The number of carbonyl (C=O) groups is 1. The van der Waals surface area contributed by atoms with Gasteiger partial charge in [0.1, 0.15) is 11.6 Å². The molecule has 0 saturated carbocycles. The van der Waals surface area contributed by atoms with Gasteiger partial charge in [-0.3, -0.25) is 4.79 Å². The van der Waals surface area contributed by atoms with E-state index in [0.29, 0.717) is 11.6 Å². The summed E-state index contributed by atoms with van der Waals surface area (Å²) in [7, 11) is -1.40. The SMILES string of the molecule is C[C@H](Sc1nc(N)cc(N)n1)C(=O)N(C)[C@@H]1CCS(=O)(=O)C1. The number of anilines is 2. The van der Waals surface area contributed by atoms with Gasteiger partial charge in [-0.1, -0.05) is 11.8 Å². The highest BCUT2D eigenvalue weighted by atomic mass is 32.2. The van der Waals surface area contributed by atoms with Crippen LogP contribution < -0.4 is 11.5 Å². The number of nitrogen functional groups attached to an aromatic ring is 2. The Labute approximate surface area is 133 Å². The molecule has 2 heterocycles. The maximum absolute atomic E-state index is 12.4. The Morgan fingerprint density at radius 3 is 2.50 bits per heavy atom. The van der Waals surface area contributed by atoms with E-state index in [1.807, 2.05) is 0 Å². The Morgan fingerprint density at radius 2 is 2.00 bits per heavy atom. The van der Waals surface area contributed by atoms with Crippen molar-refractivity contribution < 1.29 is 13.2 Å². The van der Waals surface area contributed by atoms with Gasteiger partial charge in [0.2, 0.25) is 5.91 Å². The Hall–Kier alpha value is -1.55. The van der Waals surface area contributed by atoms with Gasteiger partial charge in [-0.25, -0.2) is 18.4 Å². The molecule has 0 bridgehead atoms. The Balaban J connectivity index is 2.02. The lowest BCUT2D eigenvalue weighted by Gasteiger charge is -2.26. The van der Waals surface area contributed by atoms with Crippen molar-refractivity contribution >= 4 is 39.1 Å². The van der Waals surface area contributed by atoms with Crippen LogP contribution in [-0.2, 0) is 14.6 Å². The summed E-state index contributed by atoms with van der Waals surface area (Å²) in [5.41, 5.74) is 11.2. The van der Waals surface area contributed by atoms with Crippen molar-refractivity contribution in [3.8, 4) is 0 Å². The van der Waals surface area contributed by atoms with E-state index in [1.54, 1.807) is 14.0 Å². The smallest absolute Gasteiger partial charge is 0.235 e. The predicted octanol–water partition coefficient (Wildman–Crippen LogP) is -0.233. The summed E-state index contributed by atoms with van der Waals surface area (Å²) in [6, 6.07) is 1.17. The van der Waals surface area contributed by atoms with Crippen molar-refractivity contribution in [2.24, 2.45) is 0 Å². The molecule has 1 aromatic rings. The molecule has 1 fully saturated rings. The lowest BCUT2D eigenvalue weighted by Crippen LogP contribution is -2.41. The molecule has 4 N–H and O–H groups in total. The summed E-state index contributed by atoms with van der Waals surface area (Å²) in [6.07, 6.45) is 0.476. The van der Waals surface area contributed by atoms with Crippen LogP contribution in [0.25, 0.3) is 0 Å². The molecule has 0 spiro atoms. The average Bonchev–Trinajstić information content (AvgIpc) is 2.76. The highest BCUT2D eigenvalue weighted by Crippen LogP contribution is 2.25. The van der Waals surface area contributed by atoms with E-state index in [0.717, 1.165) is 11.8 Å². The molecule has 1 aliphatic rings. The zero-order chi connectivity index (χ0) is 16.5. The number of sulfone groups is 1. The standard InChI is InChI=1S/C12H19N5O3S2/c1-7(21-12-15-9(13)5-10(14)16-12)11(18)17(2)8-3-4-22(19,20)6-8/h5,7-8H,3-4,6H2,1-2H3,(H4,13,14,15,16)/t7-,8+/m0/s1. The third-order valence-corrected chi connectivity index (χ3v) is 6.18. The van der Waals surface area contributed by atoms with E-state index in [4.69, 9.17) is 11.5 Å². The van der Waals surface area contributed by atoms with Crippen molar-refractivity contribution in [2.45, 2.75) is 29.8 Å². The quantitative estimate of drug-likeness (QED) is 0.565. The molecule has 2 atom stereocenters. The van der Waals surface area contributed by atoms with Crippen LogP contribution in [0.1, 0.15) is 13.3 Å². The van der Waals surface area contributed by atoms with E-state index in [1.165, 1.54) is 11.0 Å². The maximum Gasteiger partial charge on any atom is 0.235 e. The van der Waals surface area contributed by atoms with Gasteiger partial charge >= 0.3 is 0 Å². The molecule has 2 rings (SSSR count). The van der Waals surface area contributed by atoms with Crippen LogP contribution in [-0.4, -0.2) is 59.0 Å². The molecule has 1 amide bonds. The highest BCUT2D eigenvalue weighted by Gasteiger charge is 2.34. The number of rotatable bonds is 4. The van der Waals surface area contributed by atoms with E-state index in [2.05, 4.69) is 9.97 Å². The normalized spacial score (nSPS) is 21.5. The van der Waals surface area contributed by atoms with Gasteiger partial charge in [0.25, 0.3) is 0 Å². The summed E-state index contributed by atoms with van der Waals surface area (Å²) in [5.74, 6) is 0.464. The van der Waals surface area contributed by atoms with Gasteiger partial charge in [-0.2, -0.15) is 0 Å². The second kappa shape index (κ2) is 6.29. The molecule has 22 heavy (non-hydrogen) atoms. The van der Waals surface area contributed by atoms with E-state index in [-0.39, 0.29) is 35.1 Å². The third kappa shape index (κ3) is 4.01. The molecule has 0 aliphatic carbocycles. The first-order chi connectivity index (χ1) is 10.2. The van der Waals surface area contributed by atoms with Crippen LogP contribution >= 0.6 is 11.8 Å². The predicted molar refractivity (Wildman–Crippen MR) is 86.0 cm³/mol. The fourth-order valence-corrected chi connectivity index (χ4v) is 4.94. The molecular formula is C12H19N5O3S2. The molecule has 10 heteroatoms. The Morgan fingerprint density at radius 1 is 1.41 bits per heavy atom. The molecule has 0 unspecified atom stereocenters. The van der Waals surface area contributed by atoms with Gasteiger partial charge < -0.3 is 16.4 Å². The summed E-state index contributed by atoms with van der Waals surface area (Å²) in [6.45, 7) is 1.72. The van der Waals surface area contributed by atoms with Crippen LogP contribution in [0, 0.1) is 0 Å². The van der Waals surface area contributed by atoms with E-state index >= 15 is 0 Å². The molecule has 1 aliphatic heterocycles. The minimum absolute atomic E-state index is 0.0222.